The van der Waals surface area contributed by atoms with Crippen molar-refractivity contribution in [2.45, 2.75) is 32.2 Å². The summed E-state index contributed by atoms with van der Waals surface area (Å²) in [6.45, 7) is 3.14. The number of carbonyl (C=O) groups is 1. The van der Waals surface area contributed by atoms with E-state index < -0.39 is 0 Å². The molecular formula is C25H24FN5OS. The number of halogens is 1. The number of anilines is 1. The van der Waals surface area contributed by atoms with Crippen molar-refractivity contribution in [3.63, 3.8) is 0 Å². The molecule has 33 heavy (non-hydrogen) atoms. The number of amides is 1. The van der Waals surface area contributed by atoms with Crippen molar-refractivity contribution in [1.29, 1.82) is 0 Å². The molecule has 5 rings (SSSR count). The third kappa shape index (κ3) is 4.43. The van der Waals surface area contributed by atoms with Crippen LogP contribution in [0.25, 0.3) is 21.3 Å². The minimum atomic E-state index is -0.325. The number of hydrogen-bond donors (Lipinski definition) is 1. The first-order chi connectivity index (χ1) is 16.1. The molecule has 4 aromatic rings. The summed E-state index contributed by atoms with van der Waals surface area (Å²) in [6, 6.07) is 14.2. The maximum atomic E-state index is 13.9. The number of thiazole rings is 1. The first kappa shape index (κ1) is 21.5. The van der Waals surface area contributed by atoms with Crippen molar-refractivity contribution < 1.29 is 9.18 Å². The summed E-state index contributed by atoms with van der Waals surface area (Å²) < 4.78 is 13.9. The van der Waals surface area contributed by atoms with Gasteiger partial charge in [0.05, 0.1) is 15.4 Å². The predicted octanol–water partition coefficient (Wildman–Crippen LogP) is 5.31. The van der Waals surface area contributed by atoms with Gasteiger partial charge in [-0.05, 0) is 56.0 Å². The van der Waals surface area contributed by atoms with Crippen molar-refractivity contribution >= 4 is 34.0 Å². The molecule has 2 aromatic heterocycles. The summed E-state index contributed by atoms with van der Waals surface area (Å²) in [5, 5.41) is 5.18. The van der Waals surface area contributed by atoms with Gasteiger partial charge in [0.1, 0.15) is 23.7 Å². The number of hydrogen-bond acceptors (Lipinski definition) is 6. The van der Waals surface area contributed by atoms with Crippen LogP contribution in [0.2, 0.25) is 0 Å². The highest BCUT2D eigenvalue weighted by Gasteiger charge is 2.31. The molecule has 2 aromatic carbocycles. The Balaban J connectivity index is 1.40. The minimum Gasteiger partial charge on any atom is -0.367 e. The molecule has 6 nitrogen and oxygen atoms in total. The van der Waals surface area contributed by atoms with E-state index in [4.69, 9.17) is 0 Å². The van der Waals surface area contributed by atoms with Crippen molar-refractivity contribution in [1.82, 2.24) is 19.9 Å². The van der Waals surface area contributed by atoms with Crippen molar-refractivity contribution in [3.8, 4) is 10.4 Å². The topological polar surface area (TPSA) is 71.0 Å². The van der Waals surface area contributed by atoms with Gasteiger partial charge in [-0.15, -0.1) is 11.3 Å². The molecule has 3 heterocycles. The second-order valence-electron chi connectivity index (χ2n) is 8.19. The van der Waals surface area contributed by atoms with Gasteiger partial charge in [0.25, 0.3) is 5.91 Å². The van der Waals surface area contributed by atoms with Crippen LogP contribution in [0.15, 0.2) is 54.9 Å². The van der Waals surface area contributed by atoms with Crippen LogP contribution < -0.4 is 5.32 Å². The summed E-state index contributed by atoms with van der Waals surface area (Å²) in [5.74, 6) is 0.343. The average Bonchev–Trinajstić information content (AvgIpc) is 3.24. The molecule has 1 saturated heterocycles. The van der Waals surface area contributed by atoms with Crippen LogP contribution >= 0.6 is 11.3 Å². The fourth-order valence-corrected chi connectivity index (χ4v) is 5.28. The third-order valence-corrected chi connectivity index (χ3v) is 6.98. The molecule has 1 amide bonds. The first-order valence-electron chi connectivity index (χ1n) is 11.1. The molecule has 0 unspecified atom stereocenters. The van der Waals surface area contributed by atoms with Gasteiger partial charge in [0.15, 0.2) is 0 Å². The number of nitrogens with zero attached hydrogens (tertiary/aromatic N) is 4. The van der Waals surface area contributed by atoms with Gasteiger partial charge in [-0.3, -0.25) is 4.79 Å². The van der Waals surface area contributed by atoms with E-state index >= 15 is 0 Å². The Bertz CT molecular complexity index is 1300. The minimum absolute atomic E-state index is 0.0161. The Morgan fingerprint density at radius 2 is 2.06 bits per heavy atom. The normalized spacial score (nSPS) is 16.2. The predicted molar refractivity (Wildman–Crippen MR) is 129 cm³/mol. The Morgan fingerprint density at radius 1 is 1.18 bits per heavy atom. The smallest absolute Gasteiger partial charge is 0.274 e. The van der Waals surface area contributed by atoms with E-state index in [1.54, 1.807) is 12.4 Å². The van der Waals surface area contributed by atoms with Crippen LogP contribution in [0.4, 0.5) is 10.2 Å². The van der Waals surface area contributed by atoms with E-state index in [-0.39, 0.29) is 17.8 Å². The van der Waals surface area contributed by atoms with E-state index in [1.807, 2.05) is 42.2 Å². The summed E-state index contributed by atoms with van der Waals surface area (Å²) in [7, 11) is 0. The number of aryl methyl sites for hydroxylation is 1. The molecule has 0 aliphatic carbocycles. The number of benzene rings is 2. The molecule has 1 fully saturated rings. The number of carbonyl (C=O) groups excluding carboxylic acids is 1. The Labute approximate surface area is 195 Å². The molecule has 1 N–H and O–H groups in total. The molecule has 168 valence electrons. The molecule has 1 aliphatic heterocycles. The lowest BCUT2D eigenvalue weighted by atomic mass is 10.0. The standard InChI is InChI=1S/C25H24FN5OS/c1-16-30-22(23(33-16)17-7-6-8-18(26)13-17)25(32)31-12-5-4-9-19(31)14-27-24-20-10-2-3-11-21(20)28-15-29-24/h2-3,6-8,10-11,13,15,19H,4-5,9,12,14H2,1H3,(H,27,28,29)/t19-/m0/s1. The van der Waals surface area contributed by atoms with Gasteiger partial charge >= 0.3 is 0 Å². The van der Waals surface area contributed by atoms with E-state index in [0.29, 0.717) is 24.3 Å². The van der Waals surface area contributed by atoms with Gasteiger partial charge in [-0.25, -0.2) is 19.3 Å². The molecule has 1 aliphatic rings. The van der Waals surface area contributed by atoms with E-state index in [2.05, 4.69) is 20.3 Å². The summed E-state index contributed by atoms with van der Waals surface area (Å²) >= 11 is 1.42. The van der Waals surface area contributed by atoms with Crippen molar-refractivity contribution in [2.24, 2.45) is 0 Å². The maximum absolute atomic E-state index is 13.9. The highest BCUT2D eigenvalue weighted by molar-refractivity contribution is 7.15. The van der Waals surface area contributed by atoms with E-state index in [9.17, 15) is 9.18 Å². The number of likely N-dealkylation sites (tertiary alicyclic amines) is 1. The average molecular weight is 462 g/mol. The second-order valence-corrected chi connectivity index (χ2v) is 9.39. The molecule has 0 bridgehead atoms. The highest BCUT2D eigenvalue weighted by Crippen LogP contribution is 2.33. The number of fused-ring (bicyclic) bond motifs is 1. The van der Waals surface area contributed by atoms with Gasteiger partial charge in [-0.2, -0.15) is 0 Å². The van der Waals surface area contributed by atoms with Crippen LogP contribution in [0, 0.1) is 12.7 Å². The van der Waals surface area contributed by atoms with Gasteiger partial charge in [-0.1, -0.05) is 24.3 Å². The lowest BCUT2D eigenvalue weighted by Gasteiger charge is -2.35. The zero-order chi connectivity index (χ0) is 22.8. The zero-order valence-electron chi connectivity index (χ0n) is 18.3. The monoisotopic (exact) mass is 461 g/mol. The molecule has 0 spiro atoms. The number of para-hydroxylation sites is 1. The largest absolute Gasteiger partial charge is 0.367 e. The quantitative estimate of drug-likeness (QED) is 0.436. The summed E-state index contributed by atoms with van der Waals surface area (Å²) in [5.41, 5.74) is 1.97. The number of aromatic nitrogens is 3. The fraction of sp³-hybridized carbons (Fsp3) is 0.280. The molecular weight excluding hydrogens is 437 g/mol. The molecule has 8 heteroatoms. The lowest BCUT2D eigenvalue weighted by Crippen LogP contribution is -2.47. The van der Waals surface area contributed by atoms with Gasteiger partial charge in [0, 0.05) is 24.5 Å². The SMILES string of the molecule is Cc1nc(C(=O)N2CCCC[C@H]2CNc2ncnc3ccccc23)c(-c2cccc(F)c2)s1. The third-order valence-electron chi connectivity index (χ3n) is 5.96. The van der Waals surface area contributed by atoms with Crippen LogP contribution in [-0.4, -0.2) is 44.9 Å². The lowest BCUT2D eigenvalue weighted by molar-refractivity contribution is 0.0623. The number of piperidine rings is 1. The number of rotatable bonds is 5. The van der Waals surface area contributed by atoms with Crippen LogP contribution in [-0.2, 0) is 0 Å². The van der Waals surface area contributed by atoms with Crippen LogP contribution in [0.1, 0.15) is 34.8 Å². The van der Waals surface area contributed by atoms with E-state index in [1.165, 1.54) is 23.5 Å². The Hall–Kier alpha value is -3.39. The maximum Gasteiger partial charge on any atom is 0.274 e. The first-order valence-corrected chi connectivity index (χ1v) is 11.9. The molecule has 1 atom stereocenters. The van der Waals surface area contributed by atoms with E-state index in [0.717, 1.165) is 45.9 Å². The van der Waals surface area contributed by atoms with Crippen LogP contribution in [0.5, 0.6) is 0 Å². The Morgan fingerprint density at radius 3 is 2.94 bits per heavy atom. The van der Waals surface area contributed by atoms with Gasteiger partial charge < -0.3 is 10.2 Å². The fourth-order valence-electron chi connectivity index (χ4n) is 4.37. The Kier molecular flexibility index (Phi) is 6.00. The highest BCUT2D eigenvalue weighted by atomic mass is 32.1. The van der Waals surface area contributed by atoms with Crippen molar-refractivity contribution in [3.05, 3.63) is 71.4 Å². The number of nitrogens with one attached hydrogen (secondary N) is 1. The molecule has 0 radical (unpaired) electrons. The molecule has 0 saturated carbocycles. The van der Waals surface area contributed by atoms with Crippen molar-refractivity contribution in [2.75, 3.05) is 18.4 Å². The van der Waals surface area contributed by atoms with Crippen LogP contribution in [0.3, 0.4) is 0 Å². The zero-order valence-corrected chi connectivity index (χ0v) is 19.1. The summed E-state index contributed by atoms with van der Waals surface area (Å²) in [4.78, 5) is 29.6. The second kappa shape index (κ2) is 9.23. The summed E-state index contributed by atoms with van der Waals surface area (Å²) in [6.07, 6.45) is 4.47. The van der Waals surface area contributed by atoms with Gasteiger partial charge in [0.2, 0.25) is 0 Å².